The molecule has 0 aliphatic rings. The van der Waals surface area contributed by atoms with Gasteiger partial charge in [-0.15, -0.1) is 0 Å². The Balaban J connectivity index is 2.21. The number of aliphatic hydroxyl groups excluding tert-OH is 1. The van der Waals surface area contributed by atoms with E-state index in [1.165, 1.54) is 5.56 Å². The Bertz CT molecular complexity index is 562. The van der Waals surface area contributed by atoms with Gasteiger partial charge in [0.2, 0.25) is 0 Å². The van der Waals surface area contributed by atoms with E-state index in [-0.39, 0.29) is 6.61 Å². The fourth-order valence-corrected chi connectivity index (χ4v) is 2.12. The minimum atomic E-state index is 0.177. The smallest absolute Gasteiger partial charge is 0.0623 e. The first-order valence-electron chi connectivity index (χ1n) is 6.43. The summed E-state index contributed by atoms with van der Waals surface area (Å²) in [6.45, 7) is 4.25. The summed E-state index contributed by atoms with van der Waals surface area (Å²) in [5.41, 5.74) is 12.2. The largest absolute Gasteiger partial charge is 0.397 e. The lowest BCUT2D eigenvalue weighted by Gasteiger charge is -2.13. The summed E-state index contributed by atoms with van der Waals surface area (Å²) in [7, 11) is 0. The van der Waals surface area contributed by atoms with Crippen LogP contribution in [0.15, 0.2) is 36.4 Å². The van der Waals surface area contributed by atoms with Crippen LogP contribution in [0.25, 0.3) is 0 Å². The molecular formula is C16H20N2O. The molecule has 0 heterocycles. The van der Waals surface area contributed by atoms with Gasteiger partial charge in [0.05, 0.1) is 11.4 Å². The second-order valence-corrected chi connectivity index (χ2v) is 4.84. The van der Waals surface area contributed by atoms with Crippen molar-refractivity contribution in [1.82, 2.24) is 0 Å². The first-order valence-corrected chi connectivity index (χ1v) is 6.43. The molecule has 2 rings (SSSR count). The third kappa shape index (κ3) is 3.26. The maximum Gasteiger partial charge on any atom is 0.0623 e. The standard InChI is InChI=1S/C16H20N2O/c1-11-9-12(2)16(17)15(10-11)18-14-5-3-13(4-6-14)7-8-19/h3-6,9-10,18-19H,7-8,17H2,1-2H3. The molecule has 0 aliphatic heterocycles. The van der Waals surface area contributed by atoms with Crippen LogP contribution in [0.4, 0.5) is 17.1 Å². The van der Waals surface area contributed by atoms with Crippen LogP contribution >= 0.6 is 0 Å². The van der Waals surface area contributed by atoms with Gasteiger partial charge in [0, 0.05) is 12.3 Å². The fourth-order valence-electron chi connectivity index (χ4n) is 2.12. The van der Waals surface area contributed by atoms with Crippen LogP contribution in [0.2, 0.25) is 0 Å². The number of hydrogen-bond acceptors (Lipinski definition) is 3. The van der Waals surface area contributed by atoms with Gasteiger partial charge in [-0.1, -0.05) is 18.2 Å². The zero-order chi connectivity index (χ0) is 13.8. The summed E-state index contributed by atoms with van der Waals surface area (Å²) in [6.07, 6.45) is 0.686. The van der Waals surface area contributed by atoms with Crippen molar-refractivity contribution in [3.63, 3.8) is 0 Å². The molecule has 0 saturated carbocycles. The highest BCUT2D eigenvalue weighted by atomic mass is 16.2. The Kier molecular flexibility index (Phi) is 4.07. The van der Waals surface area contributed by atoms with Gasteiger partial charge >= 0.3 is 0 Å². The quantitative estimate of drug-likeness (QED) is 0.736. The molecule has 2 aromatic carbocycles. The van der Waals surface area contributed by atoms with E-state index in [2.05, 4.69) is 18.3 Å². The summed E-state index contributed by atoms with van der Waals surface area (Å²) >= 11 is 0. The lowest BCUT2D eigenvalue weighted by molar-refractivity contribution is 0.299. The highest BCUT2D eigenvalue weighted by Gasteiger charge is 2.04. The molecule has 0 bridgehead atoms. The van der Waals surface area contributed by atoms with Crippen LogP contribution in [0, 0.1) is 13.8 Å². The van der Waals surface area contributed by atoms with E-state index in [4.69, 9.17) is 10.8 Å². The molecule has 4 N–H and O–H groups in total. The molecule has 0 saturated heterocycles. The molecule has 19 heavy (non-hydrogen) atoms. The van der Waals surface area contributed by atoms with Crippen LogP contribution in [-0.4, -0.2) is 11.7 Å². The molecule has 100 valence electrons. The summed E-state index contributed by atoms with van der Waals surface area (Å²) in [5, 5.41) is 12.2. The molecule has 0 amide bonds. The number of nitrogens with one attached hydrogen (secondary N) is 1. The Morgan fingerprint density at radius 1 is 1.11 bits per heavy atom. The van der Waals surface area contributed by atoms with E-state index in [1.54, 1.807) is 0 Å². The van der Waals surface area contributed by atoms with Crippen molar-refractivity contribution in [2.45, 2.75) is 20.3 Å². The SMILES string of the molecule is Cc1cc(C)c(N)c(Nc2ccc(CCO)cc2)c1. The summed E-state index contributed by atoms with van der Waals surface area (Å²) in [4.78, 5) is 0. The van der Waals surface area contributed by atoms with Crippen LogP contribution in [0.1, 0.15) is 16.7 Å². The Morgan fingerprint density at radius 3 is 2.42 bits per heavy atom. The van der Waals surface area contributed by atoms with Gasteiger partial charge in [-0.25, -0.2) is 0 Å². The first kappa shape index (κ1) is 13.4. The third-order valence-corrected chi connectivity index (χ3v) is 3.16. The highest BCUT2D eigenvalue weighted by molar-refractivity contribution is 5.75. The average molecular weight is 256 g/mol. The number of rotatable bonds is 4. The predicted molar refractivity (Wildman–Crippen MR) is 80.8 cm³/mol. The molecule has 0 fully saturated rings. The van der Waals surface area contributed by atoms with Crippen molar-refractivity contribution < 1.29 is 5.11 Å². The van der Waals surface area contributed by atoms with Gasteiger partial charge < -0.3 is 16.2 Å². The minimum Gasteiger partial charge on any atom is -0.397 e. The van der Waals surface area contributed by atoms with E-state index in [0.29, 0.717) is 6.42 Å². The second kappa shape index (κ2) is 5.76. The van der Waals surface area contributed by atoms with Crippen molar-refractivity contribution in [3.8, 4) is 0 Å². The Labute approximate surface area is 114 Å². The number of aliphatic hydroxyl groups is 1. The van der Waals surface area contributed by atoms with Crippen molar-refractivity contribution in [3.05, 3.63) is 53.1 Å². The maximum absolute atomic E-state index is 8.89. The van der Waals surface area contributed by atoms with Crippen LogP contribution < -0.4 is 11.1 Å². The highest BCUT2D eigenvalue weighted by Crippen LogP contribution is 2.27. The second-order valence-electron chi connectivity index (χ2n) is 4.84. The van der Waals surface area contributed by atoms with Gasteiger partial charge in [0.25, 0.3) is 0 Å². The molecular weight excluding hydrogens is 236 g/mol. The van der Waals surface area contributed by atoms with E-state index in [9.17, 15) is 0 Å². The topological polar surface area (TPSA) is 58.3 Å². The third-order valence-electron chi connectivity index (χ3n) is 3.16. The van der Waals surface area contributed by atoms with Crippen molar-refractivity contribution in [1.29, 1.82) is 0 Å². The number of nitrogen functional groups attached to an aromatic ring is 1. The summed E-state index contributed by atoms with van der Waals surface area (Å²) < 4.78 is 0. The Hall–Kier alpha value is -2.00. The first-order chi connectivity index (χ1) is 9.10. The Morgan fingerprint density at radius 2 is 1.79 bits per heavy atom. The fraction of sp³-hybridized carbons (Fsp3) is 0.250. The number of anilines is 3. The number of hydrogen-bond donors (Lipinski definition) is 3. The van der Waals surface area contributed by atoms with Crippen molar-refractivity contribution in [2.75, 3.05) is 17.7 Å². The summed E-state index contributed by atoms with van der Waals surface area (Å²) in [5.74, 6) is 0. The number of nitrogens with two attached hydrogens (primary N) is 1. The lowest BCUT2D eigenvalue weighted by atomic mass is 10.1. The number of aryl methyl sites for hydroxylation is 2. The lowest BCUT2D eigenvalue weighted by Crippen LogP contribution is -1.99. The zero-order valence-electron chi connectivity index (χ0n) is 11.4. The predicted octanol–water partition coefficient (Wildman–Crippen LogP) is 3.16. The van der Waals surface area contributed by atoms with Crippen molar-refractivity contribution >= 4 is 17.1 Å². The molecule has 0 unspecified atom stereocenters. The monoisotopic (exact) mass is 256 g/mol. The van der Waals surface area contributed by atoms with E-state index in [0.717, 1.165) is 28.2 Å². The van der Waals surface area contributed by atoms with E-state index >= 15 is 0 Å². The van der Waals surface area contributed by atoms with E-state index < -0.39 is 0 Å². The van der Waals surface area contributed by atoms with Gasteiger partial charge in [0.1, 0.15) is 0 Å². The molecule has 0 radical (unpaired) electrons. The normalized spacial score (nSPS) is 10.5. The number of benzene rings is 2. The maximum atomic E-state index is 8.89. The van der Waals surface area contributed by atoms with Gasteiger partial charge in [-0.05, 0) is 55.2 Å². The molecule has 0 spiro atoms. The van der Waals surface area contributed by atoms with Crippen LogP contribution in [0.5, 0.6) is 0 Å². The molecule has 3 nitrogen and oxygen atoms in total. The van der Waals surface area contributed by atoms with Gasteiger partial charge in [0.15, 0.2) is 0 Å². The average Bonchev–Trinajstić information content (AvgIpc) is 2.38. The zero-order valence-corrected chi connectivity index (χ0v) is 11.4. The van der Waals surface area contributed by atoms with Crippen molar-refractivity contribution in [2.24, 2.45) is 0 Å². The van der Waals surface area contributed by atoms with E-state index in [1.807, 2.05) is 37.3 Å². The molecule has 0 aromatic heterocycles. The minimum absolute atomic E-state index is 0.177. The van der Waals surface area contributed by atoms with Crippen LogP contribution in [0.3, 0.4) is 0 Å². The van der Waals surface area contributed by atoms with Gasteiger partial charge in [-0.2, -0.15) is 0 Å². The van der Waals surface area contributed by atoms with Crippen LogP contribution in [-0.2, 0) is 6.42 Å². The molecule has 0 aliphatic carbocycles. The molecule has 2 aromatic rings. The molecule has 3 heteroatoms. The van der Waals surface area contributed by atoms with Gasteiger partial charge in [-0.3, -0.25) is 0 Å². The summed E-state index contributed by atoms with van der Waals surface area (Å²) in [6, 6.07) is 12.1. The molecule has 0 atom stereocenters.